The number of esters is 2. The molecule has 1 amide bonds. The normalized spacial score (nSPS) is 10.5. The SMILES string of the molecule is CC=Cc1cc(C(=O)OCC(=O)N(CC(=O)OCC)c2ccccc2)cc(OC)c1OC. The fourth-order valence-corrected chi connectivity index (χ4v) is 2.97. The molecule has 0 heterocycles. The predicted molar refractivity (Wildman–Crippen MR) is 120 cm³/mol. The van der Waals surface area contributed by atoms with Crippen molar-refractivity contribution in [3.63, 3.8) is 0 Å². The van der Waals surface area contributed by atoms with Crippen molar-refractivity contribution in [2.45, 2.75) is 13.8 Å². The Labute approximate surface area is 187 Å². The fraction of sp³-hybridized carbons (Fsp3) is 0.292. The van der Waals surface area contributed by atoms with Crippen LogP contribution in [0.25, 0.3) is 6.08 Å². The third-order valence-corrected chi connectivity index (χ3v) is 4.38. The van der Waals surface area contributed by atoms with E-state index in [0.717, 1.165) is 0 Å². The number of hydrogen-bond acceptors (Lipinski definition) is 7. The first-order valence-corrected chi connectivity index (χ1v) is 10.0. The van der Waals surface area contributed by atoms with Gasteiger partial charge in [-0.2, -0.15) is 0 Å². The number of carbonyl (C=O) groups excluding carboxylic acids is 3. The smallest absolute Gasteiger partial charge is 0.338 e. The lowest BCUT2D eigenvalue weighted by molar-refractivity contribution is -0.142. The Balaban J connectivity index is 2.20. The summed E-state index contributed by atoms with van der Waals surface area (Å²) >= 11 is 0. The van der Waals surface area contributed by atoms with Crippen molar-refractivity contribution < 1.29 is 33.3 Å². The van der Waals surface area contributed by atoms with Crippen molar-refractivity contribution in [3.05, 3.63) is 59.7 Å². The quantitative estimate of drug-likeness (QED) is 0.521. The third kappa shape index (κ3) is 6.34. The Bertz CT molecular complexity index is 970. The molecule has 0 aliphatic heterocycles. The van der Waals surface area contributed by atoms with Crippen LogP contribution in [0.1, 0.15) is 29.8 Å². The number of benzene rings is 2. The number of ether oxygens (including phenoxy) is 4. The van der Waals surface area contributed by atoms with E-state index in [2.05, 4.69) is 0 Å². The van der Waals surface area contributed by atoms with Crippen LogP contribution in [0.15, 0.2) is 48.5 Å². The highest BCUT2D eigenvalue weighted by Crippen LogP contribution is 2.33. The van der Waals surface area contributed by atoms with Crippen molar-refractivity contribution in [1.82, 2.24) is 0 Å². The summed E-state index contributed by atoms with van der Waals surface area (Å²) in [5.74, 6) is -1.01. The lowest BCUT2D eigenvalue weighted by atomic mass is 10.1. The molecular weight excluding hydrogens is 414 g/mol. The number of methoxy groups -OCH3 is 2. The van der Waals surface area contributed by atoms with Crippen molar-refractivity contribution in [1.29, 1.82) is 0 Å². The second-order valence-electron chi connectivity index (χ2n) is 6.50. The number of anilines is 1. The summed E-state index contributed by atoms with van der Waals surface area (Å²) in [6.07, 6.45) is 3.56. The minimum Gasteiger partial charge on any atom is -0.493 e. The molecule has 0 unspecified atom stereocenters. The Hall–Kier alpha value is -3.81. The molecule has 0 N–H and O–H groups in total. The molecule has 8 nitrogen and oxygen atoms in total. The van der Waals surface area contributed by atoms with Crippen LogP contribution in [-0.4, -0.2) is 51.8 Å². The van der Waals surface area contributed by atoms with Gasteiger partial charge in [0.1, 0.15) is 6.54 Å². The molecule has 0 radical (unpaired) electrons. The highest BCUT2D eigenvalue weighted by Gasteiger charge is 2.22. The number of allylic oxidation sites excluding steroid dienone is 1. The highest BCUT2D eigenvalue weighted by atomic mass is 16.5. The molecule has 8 heteroatoms. The second-order valence-corrected chi connectivity index (χ2v) is 6.50. The first-order chi connectivity index (χ1) is 15.4. The summed E-state index contributed by atoms with van der Waals surface area (Å²) in [6.45, 7) is 2.85. The van der Waals surface area contributed by atoms with Gasteiger partial charge in [0.15, 0.2) is 18.1 Å². The first-order valence-electron chi connectivity index (χ1n) is 10.0. The zero-order valence-electron chi connectivity index (χ0n) is 18.6. The van der Waals surface area contributed by atoms with Crippen LogP contribution in [0.2, 0.25) is 0 Å². The summed E-state index contributed by atoms with van der Waals surface area (Å²) in [7, 11) is 2.96. The van der Waals surface area contributed by atoms with E-state index in [4.69, 9.17) is 18.9 Å². The Morgan fingerprint density at radius 3 is 2.31 bits per heavy atom. The fourth-order valence-electron chi connectivity index (χ4n) is 2.97. The lowest BCUT2D eigenvalue weighted by Gasteiger charge is -2.21. The molecule has 170 valence electrons. The van der Waals surface area contributed by atoms with Gasteiger partial charge in [-0.25, -0.2) is 4.79 Å². The monoisotopic (exact) mass is 441 g/mol. The number of para-hydroxylation sites is 1. The maximum Gasteiger partial charge on any atom is 0.338 e. The van der Waals surface area contributed by atoms with Crippen LogP contribution in [0.5, 0.6) is 11.5 Å². The van der Waals surface area contributed by atoms with Crippen LogP contribution >= 0.6 is 0 Å². The molecule has 32 heavy (non-hydrogen) atoms. The van der Waals surface area contributed by atoms with Gasteiger partial charge in [-0.3, -0.25) is 14.5 Å². The van der Waals surface area contributed by atoms with Gasteiger partial charge in [0.2, 0.25) is 0 Å². The topological polar surface area (TPSA) is 91.4 Å². The van der Waals surface area contributed by atoms with Gasteiger partial charge in [0.05, 0.1) is 26.4 Å². The van der Waals surface area contributed by atoms with E-state index in [-0.39, 0.29) is 18.7 Å². The molecule has 0 fully saturated rings. The van der Waals surface area contributed by atoms with Crippen LogP contribution in [-0.2, 0) is 19.1 Å². The molecule has 0 saturated heterocycles. The van der Waals surface area contributed by atoms with E-state index >= 15 is 0 Å². The Morgan fingerprint density at radius 1 is 1.00 bits per heavy atom. The zero-order chi connectivity index (χ0) is 23.5. The minimum atomic E-state index is -0.714. The summed E-state index contributed by atoms with van der Waals surface area (Å²) in [5.41, 5.74) is 1.31. The molecule has 0 atom stereocenters. The van der Waals surface area contributed by atoms with Gasteiger partial charge in [0, 0.05) is 11.3 Å². The van der Waals surface area contributed by atoms with Gasteiger partial charge in [-0.05, 0) is 38.1 Å². The lowest BCUT2D eigenvalue weighted by Crippen LogP contribution is -2.39. The second kappa shape index (κ2) is 12.1. The minimum absolute atomic E-state index is 0.193. The van der Waals surface area contributed by atoms with E-state index < -0.39 is 24.5 Å². The molecular formula is C24H27NO7. The Kier molecular flexibility index (Phi) is 9.28. The van der Waals surface area contributed by atoms with E-state index in [0.29, 0.717) is 22.7 Å². The van der Waals surface area contributed by atoms with Crippen LogP contribution < -0.4 is 14.4 Å². The van der Waals surface area contributed by atoms with Gasteiger partial charge in [-0.15, -0.1) is 0 Å². The predicted octanol–water partition coefficient (Wildman–Crippen LogP) is 3.49. The highest BCUT2D eigenvalue weighted by molar-refractivity contribution is 6.00. The third-order valence-electron chi connectivity index (χ3n) is 4.38. The molecule has 0 bridgehead atoms. The van der Waals surface area contributed by atoms with E-state index in [9.17, 15) is 14.4 Å². The molecule has 0 spiro atoms. The largest absolute Gasteiger partial charge is 0.493 e. The number of hydrogen-bond donors (Lipinski definition) is 0. The van der Waals surface area contributed by atoms with E-state index in [1.165, 1.54) is 25.2 Å². The van der Waals surface area contributed by atoms with Gasteiger partial charge in [-0.1, -0.05) is 30.4 Å². The first kappa shape index (κ1) is 24.5. The maximum atomic E-state index is 12.8. The zero-order valence-corrected chi connectivity index (χ0v) is 18.6. The van der Waals surface area contributed by atoms with Crippen LogP contribution in [0.3, 0.4) is 0 Å². The number of amides is 1. The molecule has 0 aliphatic rings. The number of nitrogens with zero attached hydrogens (tertiary/aromatic N) is 1. The molecule has 0 aliphatic carbocycles. The summed E-state index contributed by atoms with van der Waals surface area (Å²) < 4.78 is 20.9. The average Bonchev–Trinajstić information content (AvgIpc) is 2.81. The van der Waals surface area contributed by atoms with Crippen molar-refractivity contribution in [2.75, 3.05) is 38.9 Å². The van der Waals surface area contributed by atoms with Crippen molar-refractivity contribution in [2.24, 2.45) is 0 Å². The van der Waals surface area contributed by atoms with Gasteiger partial charge < -0.3 is 18.9 Å². The molecule has 2 aromatic carbocycles. The van der Waals surface area contributed by atoms with Crippen molar-refractivity contribution in [3.8, 4) is 11.5 Å². The van der Waals surface area contributed by atoms with Gasteiger partial charge >= 0.3 is 11.9 Å². The number of carbonyl (C=O) groups is 3. The summed E-state index contributed by atoms with van der Waals surface area (Å²) in [5, 5.41) is 0. The summed E-state index contributed by atoms with van der Waals surface area (Å²) in [4.78, 5) is 38.6. The summed E-state index contributed by atoms with van der Waals surface area (Å²) in [6, 6.07) is 11.7. The Morgan fingerprint density at radius 2 is 1.72 bits per heavy atom. The van der Waals surface area contributed by atoms with Crippen LogP contribution in [0, 0.1) is 0 Å². The standard InChI is InChI=1S/C24H27NO7/c1-5-10-17-13-18(14-20(29-3)23(17)30-4)24(28)32-16-21(26)25(15-22(27)31-6-2)19-11-8-7-9-12-19/h5,7-14H,6,15-16H2,1-4H3. The maximum absolute atomic E-state index is 12.8. The van der Waals surface area contributed by atoms with E-state index in [1.54, 1.807) is 55.5 Å². The van der Waals surface area contributed by atoms with Crippen LogP contribution in [0.4, 0.5) is 5.69 Å². The molecule has 0 aromatic heterocycles. The molecule has 2 rings (SSSR count). The average molecular weight is 441 g/mol. The van der Waals surface area contributed by atoms with E-state index in [1.807, 2.05) is 6.92 Å². The number of rotatable bonds is 10. The molecule has 0 saturated carbocycles. The molecule has 2 aromatic rings. The van der Waals surface area contributed by atoms with Crippen molar-refractivity contribution >= 4 is 29.6 Å². The van der Waals surface area contributed by atoms with Gasteiger partial charge in [0.25, 0.3) is 5.91 Å².